The fraction of sp³-hybridized carbons (Fsp3) is 0.333. The smallest absolute Gasteiger partial charge is 0.156 e. The number of hydrogen-bond donors (Lipinski definition) is 2. The van der Waals surface area contributed by atoms with E-state index in [-0.39, 0.29) is 0 Å². The van der Waals surface area contributed by atoms with E-state index in [0.717, 1.165) is 0 Å². The highest BCUT2D eigenvalue weighted by molar-refractivity contribution is 5.25. The molecular formula is C12H18N6O2. The van der Waals surface area contributed by atoms with Crippen molar-refractivity contribution in [1.82, 2.24) is 19.9 Å². The van der Waals surface area contributed by atoms with Gasteiger partial charge in [0.05, 0.1) is 0 Å². The molecule has 4 N–H and O–H groups in total. The average molecular weight is 278 g/mol. The Labute approximate surface area is 117 Å². The maximum absolute atomic E-state index is 5.38. The number of ether oxygens (including phenoxy) is 2. The molecule has 0 saturated heterocycles. The van der Waals surface area contributed by atoms with Gasteiger partial charge in [0.2, 0.25) is 0 Å². The van der Waals surface area contributed by atoms with Crippen molar-refractivity contribution >= 4 is 11.6 Å². The van der Waals surface area contributed by atoms with Crippen molar-refractivity contribution in [3.8, 4) is 0 Å². The van der Waals surface area contributed by atoms with Gasteiger partial charge in [0.15, 0.2) is 11.6 Å². The molecule has 0 aliphatic rings. The summed E-state index contributed by atoms with van der Waals surface area (Å²) in [6.07, 6.45) is 3.22. The van der Waals surface area contributed by atoms with Gasteiger partial charge in [-0.25, -0.2) is 19.9 Å². The number of aromatic nitrogens is 4. The van der Waals surface area contributed by atoms with E-state index in [1.165, 1.54) is 0 Å². The predicted molar refractivity (Wildman–Crippen MR) is 74.3 cm³/mol. The van der Waals surface area contributed by atoms with E-state index >= 15 is 0 Å². The third kappa shape index (κ3) is 6.03. The average Bonchev–Trinajstić information content (AvgIpc) is 2.40. The molecule has 108 valence electrons. The molecule has 8 heteroatoms. The van der Waals surface area contributed by atoms with Gasteiger partial charge in [0, 0.05) is 26.6 Å². The van der Waals surface area contributed by atoms with Gasteiger partial charge in [0.25, 0.3) is 0 Å². The monoisotopic (exact) mass is 278 g/mol. The third-order valence-electron chi connectivity index (χ3n) is 2.00. The zero-order valence-electron chi connectivity index (χ0n) is 11.5. The topological polar surface area (TPSA) is 122 Å². The minimum absolute atomic E-state index is 0.408. The van der Waals surface area contributed by atoms with Crippen molar-refractivity contribution in [3.63, 3.8) is 0 Å². The van der Waals surface area contributed by atoms with Crippen LogP contribution in [0.4, 0.5) is 11.6 Å². The number of nitrogens with zero attached hydrogens (tertiary/aromatic N) is 4. The van der Waals surface area contributed by atoms with Crippen LogP contribution in [0.2, 0.25) is 0 Å². The number of nitrogen functional groups attached to an aromatic ring is 2. The highest BCUT2D eigenvalue weighted by atomic mass is 16.5. The van der Waals surface area contributed by atoms with Gasteiger partial charge < -0.3 is 20.9 Å². The lowest BCUT2D eigenvalue weighted by atomic mass is 10.5. The van der Waals surface area contributed by atoms with Crippen molar-refractivity contribution in [2.75, 3.05) is 25.7 Å². The van der Waals surface area contributed by atoms with E-state index in [1.54, 1.807) is 38.7 Å². The van der Waals surface area contributed by atoms with Crippen LogP contribution in [0.1, 0.15) is 11.6 Å². The van der Waals surface area contributed by atoms with Gasteiger partial charge in [-0.2, -0.15) is 0 Å². The molecule has 0 aromatic carbocycles. The summed E-state index contributed by atoms with van der Waals surface area (Å²) in [7, 11) is 3.18. The highest BCUT2D eigenvalue weighted by Gasteiger charge is 1.93. The molecule has 2 heterocycles. The quantitative estimate of drug-likeness (QED) is 0.824. The molecule has 20 heavy (non-hydrogen) atoms. The Kier molecular flexibility index (Phi) is 6.87. The summed E-state index contributed by atoms with van der Waals surface area (Å²) in [4.78, 5) is 15.6. The molecule has 2 aromatic heterocycles. The second-order valence-corrected chi connectivity index (χ2v) is 3.66. The van der Waals surface area contributed by atoms with E-state index in [1.807, 2.05) is 0 Å². The normalized spacial score (nSPS) is 9.70. The van der Waals surface area contributed by atoms with Crippen LogP contribution in [0.15, 0.2) is 24.5 Å². The van der Waals surface area contributed by atoms with E-state index in [0.29, 0.717) is 36.5 Å². The van der Waals surface area contributed by atoms with Gasteiger partial charge in [-0.3, -0.25) is 0 Å². The lowest BCUT2D eigenvalue weighted by Crippen LogP contribution is -1.99. The van der Waals surface area contributed by atoms with E-state index in [9.17, 15) is 0 Å². The molecule has 0 fully saturated rings. The Morgan fingerprint density at radius 2 is 1.25 bits per heavy atom. The SMILES string of the molecule is COCc1nccc(N)n1.COCc1nccc(N)n1. The van der Waals surface area contributed by atoms with Crippen molar-refractivity contribution < 1.29 is 9.47 Å². The lowest BCUT2D eigenvalue weighted by molar-refractivity contribution is 0.178. The van der Waals surface area contributed by atoms with E-state index in [2.05, 4.69) is 19.9 Å². The van der Waals surface area contributed by atoms with Gasteiger partial charge >= 0.3 is 0 Å². The van der Waals surface area contributed by atoms with E-state index in [4.69, 9.17) is 20.9 Å². The Morgan fingerprint density at radius 3 is 1.55 bits per heavy atom. The Balaban J connectivity index is 0.000000200. The second-order valence-electron chi connectivity index (χ2n) is 3.66. The Morgan fingerprint density at radius 1 is 0.850 bits per heavy atom. The van der Waals surface area contributed by atoms with Crippen LogP contribution in [0.25, 0.3) is 0 Å². The molecule has 2 rings (SSSR count). The van der Waals surface area contributed by atoms with Crippen molar-refractivity contribution in [1.29, 1.82) is 0 Å². The summed E-state index contributed by atoms with van der Waals surface area (Å²) in [6.45, 7) is 0.816. The standard InChI is InChI=1S/2C6H9N3O/c2*1-10-4-6-8-3-2-5(7)9-6/h2*2-3H,4H2,1H3,(H2,7,8,9). The zero-order valence-corrected chi connectivity index (χ0v) is 11.5. The molecule has 0 unspecified atom stereocenters. The lowest BCUT2D eigenvalue weighted by Gasteiger charge is -1.96. The molecule has 0 radical (unpaired) electrons. The van der Waals surface area contributed by atoms with Crippen LogP contribution >= 0.6 is 0 Å². The van der Waals surface area contributed by atoms with E-state index < -0.39 is 0 Å². The minimum Gasteiger partial charge on any atom is -0.384 e. The number of hydrogen-bond acceptors (Lipinski definition) is 8. The fourth-order valence-corrected chi connectivity index (χ4v) is 1.23. The molecule has 0 aliphatic carbocycles. The number of nitrogens with two attached hydrogens (primary N) is 2. The fourth-order valence-electron chi connectivity index (χ4n) is 1.23. The number of rotatable bonds is 4. The molecule has 0 saturated carbocycles. The summed E-state index contributed by atoms with van der Waals surface area (Å²) in [5.74, 6) is 2.18. The highest BCUT2D eigenvalue weighted by Crippen LogP contribution is 1.96. The van der Waals surface area contributed by atoms with Crippen LogP contribution < -0.4 is 11.5 Å². The van der Waals surface area contributed by atoms with Crippen molar-refractivity contribution in [3.05, 3.63) is 36.2 Å². The summed E-state index contributed by atoms with van der Waals surface area (Å²) >= 11 is 0. The molecular weight excluding hydrogens is 260 g/mol. The van der Waals surface area contributed by atoms with Gasteiger partial charge in [-0.1, -0.05) is 0 Å². The van der Waals surface area contributed by atoms with Crippen LogP contribution in [-0.2, 0) is 22.7 Å². The maximum atomic E-state index is 5.38. The molecule has 8 nitrogen and oxygen atoms in total. The van der Waals surface area contributed by atoms with Gasteiger partial charge in [-0.15, -0.1) is 0 Å². The van der Waals surface area contributed by atoms with Gasteiger partial charge in [0.1, 0.15) is 24.8 Å². The summed E-state index contributed by atoms with van der Waals surface area (Å²) in [6, 6.07) is 3.28. The third-order valence-corrected chi connectivity index (χ3v) is 2.00. The zero-order chi connectivity index (χ0) is 14.8. The number of anilines is 2. The first-order valence-corrected chi connectivity index (χ1v) is 5.78. The van der Waals surface area contributed by atoms with Crippen LogP contribution in [0, 0.1) is 0 Å². The summed E-state index contributed by atoms with van der Waals surface area (Å²) in [5, 5.41) is 0. The first-order valence-electron chi connectivity index (χ1n) is 5.78. The van der Waals surface area contributed by atoms with Crippen LogP contribution in [0.3, 0.4) is 0 Å². The maximum Gasteiger partial charge on any atom is 0.156 e. The number of methoxy groups -OCH3 is 2. The van der Waals surface area contributed by atoms with Crippen LogP contribution in [0.5, 0.6) is 0 Å². The molecule has 0 atom stereocenters. The largest absolute Gasteiger partial charge is 0.384 e. The van der Waals surface area contributed by atoms with Crippen molar-refractivity contribution in [2.45, 2.75) is 13.2 Å². The molecule has 0 aliphatic heterocycles. The first kappa shape index (κ1) is 15.7. The summed E-state index contributed by atoms with van der Waals surface area (Å²) < 4.78 is 9.60. The molecule has 0 bridgehead atoms. The second kappa shape index (κ2) is 8.73. The Hall–Kier alpha value is -2.32. The van der Waals surface area contributed by atoms with Crippen LogP contribution in [-0.4, -0.2) is 34.2 Å². The molecule has 0 spiro atoms. The van der Waals surface area contributed by atoms with Gasteiger partial charge in [-0.05, 0) is 12.1 Å². The molecule has 0 amide bonds. The summed E-state index contributed by atoms with van der Waals surface area (Å²) in [5.41, 5.74) is 10.8. The predicted octanol–water partition coefficient (Wildman–Crippen LogP) is 0.410. The minimum atomic E-state index is 0.408. The Bertz CT molecular complexity index is 475. The van der Waals surface area contributed by atoms with Crippen molar-refractivity contribution in [2.24, 2.45) is 0 Å². The first-order chi connectivity index (χ1) is 9.65. The molecule has 2 aromatic rings.